The minimum absolute atomic E-state index is 0.191. The van der Waals surface area contributed by atoms with Gasteiger partial charge in [0.2, 0.25) is 5.91 Å². The molecule has 0 bridgehead atoms. The Morgan fingerprint density at radius 2 is 2.00 bits per heavy atom. The van der Waals surface area contributed by atoms with Crippen molar-refractivity contribution in [1.82, 2.24) is 10.2 Å². The van der Waals surface area contributed by atoms with E-state index in [-0.39, 0.29) is 17.4 Å². The Hall–Kier alpha value is -0.220. The summed E-state index contributed by atoms with van der Waals surface area (Å²) < 4.78 is 0. The molecule has 3 nitrogen and oxygen atoms in total. The van der Waals surface area contributed by atoms with Crippen molar-refractivity contribution in [2.45, 2.75) is 46.1 Å². The minimum atomic E-state index is 0.191. The van der Waals surface area contributed by atoms with Crippen molar-refractivity contribution in [1.29, 1.82) is 0 Å². The first-order valence-electron chi connectivity index (χ1n) is 6.68. The molecule has 100 valence electrons. The lowest BCUT2D eigenvalue weighted by molar-refractivity contribution is -0.122. The van der Waals surface area contributed by atoms with Crippen LogP contribution in [0.2, 0.25) is 0 Å². The van der Waals surface area contributed by atoms with Crippen LogP contribution in [0.1, 0.15) is 40.0 Å². The molecule has 1 aliphatic carbocycles. The Morgan fingerprint density at radius 3 is 2.41 bits per heavy atom. The molecule has 0 aromatic rings. The van der Waals surface area contributed by atoms with Gasteiger partial charge in [0, 0.05) is 19.0 Å². The smallest absolute Gasteiger partial charge is 0.220 e. The van der Waals surface area contributed by atoms with E-state index >= 15 is 0 Å². The van der Waals surface area contributed by atoms with E-state index in [1.54, 1.807) is 0 Å². The monoisotopic (exact) mass is 258 g/mol. The average molecular weight is 258 g/mol. The summed E-state index contributed by atoms with van der Waals surface area (Å²) in [4.78, 5) is 14.2. The van der Waals surface area contributed by atoms with Gasteiger partial charge in [0.25, 0.3) is 0 Å². The van der Waals surface area contributed by atoms with E-state index in [0.29, 0.717) is 6.42 Å². The number of amides is 1. The summed E-state index contributed by atoms with van der Waals surface area (Å²) in [6.07, 6.45) is 2.97. The summed E-state index contributed by atoms with van der Waals surface area (Å²) in [5, 5.41) is 3.09. The van der Waals surface area contributed by atoms with E-state index in [4.69, 9.17) is 0 Å². The molecule has 0 saturated heterocycles. The van der Waals surface area contributed by atoms with E-state index in [0.717, 1.165) is 38.2 Å². The van der Waals surface area contributed by atoms with Crippen molar-refractivity contribution >= 4 is 18.5 Å². The van der Waals surface area contributed by atoms with E-state index in [9.17, 15) is 4.79 Å². The van der Waals surface area contributed by atoms with Crippen molar-refractivity contribution in [3.63, 3.8) is 0 Å². The second kappa shape index (κ2) is 6.64. The Bertz CT molecular complexity index is 250. The lowest BCUT2D eigenvalue weighted by Gasteiger charge is -2.24. The topological polar surface area (TPSA) is 32.3 Å². The van der Waals surface area contributed by atoms with Crippen molar-refractivity contribution < 1.29 is 4.79 Å². The fraction of sp³-hybridized carbons (Fsp3) is 0.923. The van der Waals surface area contributed by atoms with Crippen LogP contribution < -0.4 is 5.32 Å². The molecule has 1 fully saturated rings. The molecule has 1 saturated carbocycles. The highest BCUT2D eigenvalue weighted by Gasteiger charge is 2.42. The molecule has 1 amide bonds. The molecule has 0 radical (unpaired) electrons. The Kier molecular flexibility index (Phi) is 5.80. The second-order valence-corrected chi connectivity index (χ2v) is 5.61. The summed E-state index contributed by atoms with van der Waals surface area (Å²) >= 11 is 4.33. The molecular formula is C13H26N2OS. The zero-order valence-corrected chi connectivity index (χ0v) is 12.2. The van der Waals surface area contributed by atoms with Crippen LogP contribution in [0.3, 0.4) is 0 Å². The molecule has 17 heavy (non-hydrogen) atoms. The second-order valence-electron chi connectivity index (χ2n) is 5.29. The van der Waals surface area contributed by atoms with Crippen molar-refractivity contribution in [3.05, 3.63) is 0 Å². The summed E-state index contributed by atoms with van der Waals surface area (Å²) in [5.41, 5.74) is 0.224. The molecule has 0 aliphatic heterocycles. The standard InChI is InChI=1S/C13H26N2OS/c1-4-15(5-2)9-11(3)14-12(16)8-13(10-17)6-7-13/h11,17H,4-10H2,1-3H3,(H,14,16). The minimum Gasteiger partial charge on any atom is -0.352 e. The first-order valence-corrected chi connectivity index (χ1v) is 7.31. The maximum absolute atomic E-state index is 11.9. The summed E-state index contributed by atoms with van der Waals surface area (Å²) in [7, 11) is 0. The summed E-state index contributed by atoms with van der Waals surface area (Å²) in [6.45, 7) is 9.40. The van der Waals surface area contributed by atoms with Crippen molar-refractivity contribution in [3.8, 4) is 0 Å². The van der Waals surface area contributed by atoms with E-state index < -0.39 is 0 Å². The molecule has 1 unspecified atom stereocenters. The van der Waals surface area contributed by atoms with Crippen molar-refractivity contribution in [2.24, 2.45) is 5.41 Å². The number of carbonyl (C=O) groups is 1. The van der Waals surface area contributed by atoms with Crippen LogP contribution in [0.15, 0.2) is 0 Å². The van der Waals surface area contributed by atoms with Crippen LogP contribution in [-0.2, 0) is 4.79 Å². The first kappa shape index (κ1) is 14.8. The van der Waals surface area contributed by atoms with Crippen LogP contribution in [0.25, 0.3) is 0 Å². The number of thiol groups is 1. The normalized spacial score (nSPS) is 19.1. The maximum Gasteiger partial charge on any atom is 0.220 e. The maximum atomic E-state index is 11.9. The van der Waals surface area contributed by atoms with Gasteiger partial charge in [-0.05, 0) is 44.0 Å². The third-order valence-electron chi connectivity index (χ3n) is 3.66. The van der Waals surface area contributed by atoms with Gasteiger partial charge in [-0.25, -0.2) is 0 Å². The molecule has 1 aliphatic rings. The molecule has 0 aromatic heterocycles. The van der Waals surface area contributed by atoms with Crippen LogP contribution in [0, 0.1) is 5.41 Å². The number of hydrogen-bond acceptors (Lipinski definition) is 3. The predicted molar refractivity (Wildman–Crippen MR) is 75.5 cm³/mol. The molecular weight excluding hydrogens is 232 g/mol. The van der Waals surface area contributed by atoms with Crippen LogP contribution in [0.4, 0.5) is 0 Å². The molecule has 1 rings (SSSR count). The van der Waals surface area contributed by atoms with Crippen LogP contribution in [0.5, 0.6) is 0 Å². The summed E-state index contributed by atoms with van der Waals surface area (Å²) in [6, 6.07) is 0.234. The lowest BCUT2D eigenvalue weighted by Crippen LogP contribution is -2.42. The zero-order chi connectivity index (χ0) is 12.9. The van der Waals surface area contributed by atoms with Gasteiger partial charge in [0.05, 0.1) is 0 Å². The number of likely N-dealkylation sites (N-methyl/N-ethyl adjacent to an activating group) is 1. The fourth-order valence-electron chi connectivity index (χ4n) is 2.15. The third kappa shape index (κ3) is 4.88. The van der Waals surface area contributed by atoms with E-state index in [1.807, 2.05) is 0 Å². The molecule has 4 heteroatoms. The van der Waals surface area contributed by atoms with Gasteiger partial charge in [0.15, 0.2) is 0 Å². The third-order valence-corrected chi connectivity index (χ3v) is 4.33. The molecule has 1 N–H and O–H groups in total. The summed E-state index contributed by atoms with van der Waals surface area (Å²) in [5.74, 6) is 1.03. The molecule has 0 spiro atoms. The average Bonchev–Trinajstić information content (AvgIpc) is 3.06. The molecule has 0 heterocycles. The Labute approximate surface area is 111 Å². The van der Waals surface area contributed by atoms with E-state index in [2.05, 4.69) is 43.6 Å². The predicted octanol–water partition coefficient (Wildman–Crippen LogP) is 1.93. The van der Waals surface area contributed by atoms with Gasteiger partial charge >= 0.3 is 0 Å². The number of hydrogen-bond donors (Lipinski definition) is 2. The highest BCUT2D eigenvalue weighted by atomic mass is 32.1. The SMILES string of the molecule is CCN(CC)CC(C)NC(=O)CC1(CS)CC1. The van der Waals surface area contributed by atoms with Gasteiger partial charge in [-0.3, -0.25) is 4.79 Å². The quantitative estimate of drug-likeness (QED) is 0.652. The highest BCUT2D eigenvalue weighted by Crippen LogP contribution is 2.49. The zero-order valence-electron chi connectivity index (χ0n) is 11.3. The van der Waals surface area contributed by atoms with Gasteiger partial charge in [0.1, 0.15) is 0 Å². The lowest BCUT2D eigenvalue weighted by atomic mass is 10.0. The van der Waals surface area contributed by atoms with Crippen molar-refractivity contribution in [2.75, 3.05) is 25.4 Å². The van der Waals surface area contributed by atoms with Crippen LogP contribution >= 0.6 is 12.6 Å². The molecule has 1 atom stereocenters. The molecule has 0 aromatic carbocycles. The van der Waals surface area contributed by atoms with Gasteiger partial charge in [-0.2, -0.15) is 12.6 Å². The number of nitrogens with zero attached hydrogens (tertiary/aromatic N) is 1. The number of carbonyl (C=O) groups excluding carboxylic acids is 1. The highest BCUT2D eigenvalue weighted by molar-refractivity contribution is 7.80. The Balaban J connectivity index is 2.25. The van der Waals surface area contributed by atoms with Gasteiger partial charge in [-0.15, -0.1) is 0 Å². The largest absolute Gasteiger partial charge is 0.352 e. The number of nitrogens with one attached hydrogen (secondary N) is 1. The first-order chi connectivity index (χ1) is 8.05. The Morgan fingerprint density at radius 1 is 1.41 bits per heavy atom. The van der Waals surface area contributed by atoms with Crippen LogP contribution in [-0.4, -0.2) is 42.2 Å². The van der Waals surface area contributed by atoms with E-state index in [1.165, 1.54) is 0 Å². The van der Waals surface area contributed by atoms with Gasteiger partial charge < -0.3 is 10.2 Å². The fourth-order valence-corrected chi connectivity index (χ4v) is 2.58. The number of rotatable bonds is 8. The van der Waals surface area contributed by atoms with Gasteiger partial charge in [-0.1, -0.05) is 13.8 Å².